The zero-order valence-corrected chi connectivity index (χ0v) is 12.9. The second-order valence-corrected chi connectivity index (χ2v) is 5.60. The van der Waals surface area contributed by atoms with Crippen molar-refractivity contribution in [3.63, 3.8) is 0 Å². The van der Waals surface area contributed by atoms with Crippen LogP contribution in [0.3, 0.4) is 0 Å². The predicted molar refractivity (Wildman–Crippen MR) is 88.7 cm³/mol. The van der Waals surface area contributed by atoms with Crippen LogP contribution < -0.4 is 0 Å². The van der Waals surface area contributed by atoms with Gasteiger partial charge < -0.3 is 5.11 Å². The van der Waals surface area contributed by atoms with Crippen LogP contribution in [-0.2, 0) is 0 Å². The van der Waals surface area contributed by atoms with Gasteiger partial charge in [0.2, 0.25) is 0 Å². The lowest BCUT2D eigenvalue weighted by atomic mass is 10.0. The van der Waals surface area contributed by atoms with E-state index >= 15 is 0 Å². The smallest absolute Gasteiger partial charge is 0.0543 e. The molecule has 1 nitrogen and oxygen atoms in total. The highest BCUT2D eigenvalue weighted by molar-refractivity contribution is 5.48. The molecule has 20 heavy (non-hydrogen) atoms. The second kappa shape index (κ2) is 11.7. The Morgan fingerprint density at radius 3 is 2.40 bits per heavy atom. The standard InChI is InChI=1S/C19H30O/c1-2-3-4-5-6-10-16-19(20)17-12-11-15-18-13-8-7-9-14-18/h7-9,11,13-15,19-20H,2-6,10,12,16-17H2,1H3/b15-11+/t19-/m0/s1. The minimum atomic E-state index is -0.124. The molecule has 0 aromatic heterocycles. The summed E-state index contributed by atoms with van der Waals surface area (Å²) in [7, 11) is 0. The summed E-state index contributed by atoms with van der Waals surface area (Å²) in [5, 5.41) is 9.92. The van der Waals surface area contributed by atoms with Crippen LogP contribution in [0.25, 0.3) is 6.08 Å². The molecule has 0 spiro atoms. The first-order valence-corrected chi connectivity index (χ1v) is 8.22. The predicted octanol–water partition coefficient (Wildman–Crippen LogP) is 5.59. The lowest BCUT2D eigenvalue weighted by Crippen LogP contribution is -2.05. The Morgan fingerprint density at radius 2 is 1.65 bits per heavy atom. The number of hydrogen-bond acceptors (Lipinski definition) is 1. The molecule has 0 fully saturated rings. The largest absolute Gasteiger partial charge is 0.393 e. The Kier molecular flexibility index (Phi) is 9.95. The number of unbranched alkanes of at least 4 members (excludes halogenated alkanes) is 5. The van der Waals surface area contributed by atoms with E-state index in [0.717, 1.165) is 19.3 Å². The van der Waals surface area contributed by atoms with E-state index < -0.39 is 0 Å². The van der Waals surface area contributed by atoms with Gasteiger partial charge in [-0.15, -0.1) is 0 Å². The maximum absolute atomic E-state index is 9.92. The van der Waals surface area contributed by atoms with Gasteiger partial charge in [-0.1, -0.05) is 87.9 Å². The highest BCUT2D eigenvalue weighted by Gasteiger charge is 2.02. The van der Waals surface area contributed by atoms with Gasteiger partial charge in [-0.2, -0.15) is 0 Å². The molecule has 1 aromatic carbocycles. The lowest BCUT2D eigenvalue weighted by Gasteiger charge is -2.08. The van der Waals surface area contributed by atoms with Crippen molar-refractivity contribution >= 4 is 6.08 Å². The Hall–Kier alpha value is -1.08. The highest BCUT2D eigenvalue weighted by atomic mass is 16.3. The Morgan fingerprint density at radius 1 is 0.950 bits per heavy atom. The molecule has 0 aliphatic heterocycles. The van der Waals surface area contributed by atoms with Gasteiger partial charge in [0, 0.05) is 0 Å². The average molecular weight is 274 g/mol. The summed E-state index contributed by atoms with van der Waals surface area (Å²) in [6, 6.07) is 10.3. The van der Waals surface area contributed by atoms with Crippen LogP contribution in [0.2, 0.25) is 0 Å². The van der Waals surface area contributed by atoms with Crippen LogP contribution in [-0.4, -0.2) is 11.2 Å². The Bertz CT molecular complexity index is 342. The van der Waals surface area contributed by atoms with Crippen molar-refractivity contribution in [2.75, 3.05) is 0 Å². The first-order chi connectivity index (χ1) is 9.83. The third-order valence-electron chi connectivity index (χ3n) is 3.67. The van der Waals surface area contributed by atoms with E-state index in [1.165, 1.54) is 44.1 Å². The normalized spacial score (nSPS) is 12.9. The maximum atomic E-state index is 9.92. The van der Waals surface area contributed by atoms with E-state index in [9.17, 15) is 5.11 Å². The molecular weight excluding hydrogens is 244 g/mol. The minimum Gasteiger partial charge on any atom is -0.393 e. The molecule has 112 valence electrons. The van der Waals surface area contributed by atoms with Crippen molar-refractivity contribution in [2.24, 2.45) is 0 Å². The molecule has 1 atom stereocenters. The van der Waals surface area contributed by atoms with E-state index in [2.05, 4.69) is 31.2 Å². The Balaban J connectivity index is 2.00. The average Bonchev–Trinajstić information content (AvgIpc) is 2.48. The van der Waals surface area contributed by atoms with Gasteiger partial charge in [-0.3, -0.25) is 0 Å². The molecular formula is C19H30O. The van der Waals surface area contributed by atoms with Gasteiger partial charge in [0.15, 0.2) is 0 Å². The van der Waals surface area contributed by atoms with Crippen LogP contribution in [0, 0.1) is 0 Å². The molecule has 1 N–H and O–H groups in total. The molecule has 0 saturated carbocycles. The highest BCUT2D eigenvalue weighted by Crippen LogP contribution is 2.12. The van der Waals surface area contributed by atoms with Gasteiger partial charge >= 0.3 is 0 Å². The first-order valence-electron chi connectivity index (χ1n) is 8.22. The van der Waals surface area contributed by atoms with E-state index in [0.29, 0.717) is 0 Å². The fourth-order valence-corrected chi connectivity index (χ4v) is 2.38. The number of hydrogen-bond donors (Lipinski definition) is 1. The molecule has 0 unspecified atom stereocenters. The number of aliphatic hydroxyl groups excluding tert-OH is 1. The molecule has 0 amide bonds. The number of benzene rings is 1. The summed E-state index contributed by atoms with van der Waals surface area (Å²) >= 11 is 0. The van der Waals surface area contributed by atoms with Crippen molar-refractivity contribution in [1.82, 2.24) is 0 Å². The summed E-state index contributed by atoms with van der Waals surface area (Å²) in [6.07, 6.45) is 14.8. The van der Waals surface area contributed by atoms with Crippen LogP contribution in [0.4, 0.5) is 0 Å². The molecule has 0 saturated heterocycles. The second-order valence-electron chi connectivity index (χ2n) is 5.60. The van der Waals surface area contributed by atoms with Gasteiger partial charge in [-0.25, -0.2) is 0 Å². The summed E-state index contributed by atoms with van der Waals surface area (Å²) in [5.74, 6) is 0. The molecule has 1 aromatic rings. The third kappa shape index (κ3) is 8.92. The molecule has 0 aliphatic carbocycles. The van der Waals surface area contributed by atoms with Crippen LogP contribution in [0.15, 0.2) is 36.4 Å². The van der Waals surface area contributed by atoms with Gasteiger partial charge in [-0.05, 0) is 24.8 Å². The van der Waals surface area contributed by atoms with Crippen molar-refractivity contribution in [1.29, 1.82) is 0 Å². The number of allylic oxidation sites excluding steroid dienone is 1. The SMILES string of the molecule is CCCCCCCC[C@H](O)CC/C=C/c1ccccc1. The van der Waals surface area contributed by atoms with Gasteiger partial charge in [0.1, 0.15) is 0 Å². The van der Waals surface area contributed by atoms with Crippen LogP contribution >= 0.6 is 0 Å². The third-order valence-corrected chi connectivity index (χ3v) is 3.67. The molecule has 0 aliphatic rings. The van der Waals surface area contributed by atoms with Gasteiger partial charge in [0.05, 0.1) is 6.10 Å². The summed E-state index contributed by atoms with van der Waals surface area (Å²) in [5.41, 5.74) is 1.23. The lowest BCUT2D eigenvalue weighted by molar-refractivity contribution is 0.152. The monoisotopic (exact) mass is 274 g/mol. The molecule has 1 rings (SSSR count). The number of aliphatic hydroxyl groups is 1. The quantitative estimate of drug-likeness (QED) is 0.521. The van der Waals surface area contributed by atoms with Crippen molar-refractivity contribution in [3.05, 3.63) is 42.0 Å². The topological polar surface area (TPSA) is 20.2 Å². The van der Waals surface area contributed by atoms with Gasteiger partial charge in [0.25, 0.3) is 0 Å². The van der Waals surface area contributed by atoms with E-state index in [1.807, 2.05) is 18.2 Å². The summed E-state index contributed by atoms with van der Waals surface area (Å²) < 4.78 is 0. The first kappa shape index (κ1) is 17.0. The summed E-state index contributed by atoms with van der Waals surface area (Å²) in [4.78, 5) is 0. The van der Waals surface area contributed by atoms with Crippen molar-refractivity contribution < 1.29 is 5.11 Å². The minimum absolute atomic E-state index is 0.124. The van der Waals surface area contributed by atoms with Crippen LogP contribution in [0.5, 0.6) is 0 Å². The zero-order valence-electron chi connectivity index (χ0n) is 12.9. The molecule has 0 heterocycles. The maximum Gasteiger partial charge on any atom is 0.0543 e. The van der Waals surface area contributed by atoms with E-state index in [-0.39, 0.29) is 6.10 Å². The van der Waals surface area contributed by atoms with Crippen molar-refractivity contribution in [2.45, 2.75) is 70.8 Å². The molecule has 1 heteroatoms. The number of rotatable bonds is 11. The Labute approximate surface area is 124 Å². The van der Waals surface area contributed by atoms with Crippen LogP contribution in [0.1, 0.15) is 70.3 Å². The zero-order chi connectivity index (χ0) is 14.5. The molecule has 0 bridgehead atoms. The van der Waals surface area contributed by atoms with E-state index in [1.54, 1.807) is 0 Å². The fourth-order valence-electron chi connectivity index (χ4n) is 2.38. The molecule has 0 radical (unpaired) electrons. The fraction of sp³-hybridized carbons (Fsp3) is 0.579. The van der Waals surface area contributed by atoms with Crippen molar-refractivity contribution in [3.8, 4) is 0 Å². The van der Waals surface area contributed by atoms with E-state index in [4.69, 9.17) is 0 Å². The summed E-state index contributed by atoms with van der Waals surface area (Å²) in [6.45, 7) is 2.24.